The molecule has 0 radical (unpaired) electrons. The van der Waals surface area contributed by atoms with Crippen LogP contribution in [-0.2, 0) is 4.74 Å². The van der Waals surface area contributed by atoms with E-state index < -0.39 is 5.60 Å². The molecule has 0 bridgehead atoms. The predicted molar refractivity (Wildman–Crippen MR) is 86.7 cm³/mol. The van der Waals surface area contributed by atoms with Crippen LogP contribution < -0.4 is 5.32 Å². The maximum atomic E-state index is 12.1. The first-order valence-electron chi connectivity index (χ1n) is 7.66. The average Bonchev–Trinajstić information content (AvgIpc) is 3.05. The van der Waals surface area contributed by atoms with E-state index in [2.05, 4.69) is 29.8 Å². The first-order valence-corrected chi connectivity index (χ1v) is 8.54. The Morgan fingerprint density at radius 1 is 1.57 bits per heavy atom. The first kappa shape index (κ1) is 16.3. The maximum Gasteiger partial charge on any atom is 0.410 e. The molecular weight excluding hydrogens is 284 g/mol. The Morgan fingerprint density at radius 3 is 2.90 bits per heavy atom. The molecule has 1 aliphatic rings. The predicted octanol–water partition coefficient (Wildman–Crippen LogP) is 3.80. The Morgan fingerprint density at radius 2 is 2.33 bits per heavy atom. The van der Waals surface area contributed by atoms with Gasteiger partial charge in [-0.2, -0.15) is 0 Å². The zero-order chi connectivity index (χ0) is 15.5. The van der Waals surface area contributed by atoms with Gasteiger partial charge in [0.15, 0.2) is 0 Å². The van der Waals surface area contributed by atoms with Gasteiger partial charge in [-0.3, -0.25) is 0 Å². The third-order valence-corrected chi connectivity index (χ3v) is 4.56. The minimum Gasteiger partial charge on any atom is -0.444 e. The van der Waals surface area contributed by atoms with E-state index in [1.165, 1.54) is 4.88 Å². The molecule has 0 aromatic carbocycles. The van der Waals surface area contributed by atoms with Crippen LogP contribution in [0.2, 0.25) is 0 Å². The summed E-state index contributed by atoms with van der Waals surface area (Å²) in [6, 6.07) is 5.00. The number of hydrogen-bond acceptors (Lipinski definition) is 4. The van der Waals surface area contributed by atoms with Crippen molar-refractivity contribution in [1.82, 2.24) is 10.2 Å². The lowest BCUT2D eigenvalue weighted by Crippen LogP contribution is -2.39. The van der Waals surface area contributed by atoms with Gasteiger partial charge in [0.25, 0.3) is 0 Å². The summed E-state index contributed by atoms with van der Waals surface area (Å²) in [5.41, 5.74) is -0.425. The Bertz CT molecular complexity index is 453. The monoisotopic (exact) mass is 310 g/mol. The molecule has 5 heteroatoms. The summed E-state index contributed by atoms with van der Waals surface area (Å²) in [6.07, 6.45) is 1.85. The summed E-state index contributed by atoms with van der Waals surface area (Å²) in [4.78, 5) is 15.2. The lowest BCUT2D eigenvalue weighted by molar-refractivity contribution is 0.0290. The van der Waals surface area contributed by atoms with Crippen molar-refractivity contribution in [2.75, 3.05) is 13.1 Å². The standard InChI is InChI=1S/C16H26N2O2S/c1-5-13(14-7-6-10-21-14)17-12-8-9-18(11-12)15(19)20-16(2,3)4/h6-7,10,12-13,17H,5,8-9,11H2,1-4H3. The minimum absolute atomic E-state index is 0.198. The highest BCUT2D eigenvalue weighted by Crippen LogP contribution is 2.24. The van der Waals surface area contributed by atoms with E-state index >= 15 is 0 Å². The van der Waals surface area contributed by atoms with Crippen LogP contribution in [0.4, 0.5) is 4.79 Å². The molecule has 1 fully saturated rings. The van der Waals surface area contributed by atoms with Crippen LogP contribution in [0.5, 0.6) is 0 Å². The van der Waals surface area contributed by atoms with E-state index in [4.69, 9.17) is 4.74 Å². The zero-order valence-electron chi connectivity index (χ0n) is 13.4. The maximum absolute atomic E-state index is 12.1. The third kappa shape index (κ3) is 4.71. The molecule has 1 saturated heterocycles. The van der Waals surface area contributed by atoms with Gasteiger partial charge in [0, 0.05) is 30.1 Å². The van der Waals surface area contributed by atoms with Crippen LogP contribution in [0.15, 0.2) is 17.5 Å². The lowest BCUT2D eigenvalue weighted by Gasteiger charge is -2.25. The largest absolute Gasteiger partial charge is 0.444 e. The molecule has 0 saturated carbocycles. The van der Waals surface area contributed by atoms with Crippen molar-refractivity contribution in [3.63, 3.8) is 0 Å². The van der Waals surface area contributed by atoms with Crippen molar-refractivity contribution in [2.24, 2.45) is 0 Å². The van der Waals surface area contributed by atoms with Gasteiger partial charge in [0.2, 0.25) is 0 Å². The highest BCUT2D eigenvalue weighted by molar-refractivity contribution is 7.10. The topological polar surface area (TPSA) is 41.6 Å². The van der Waals surface area contributed by atoms with E-state index in [1.807, 2.05) is 25.7 Å². The van der Waals surface area contributed by atoms with Crippen LogP contribution in [-0.4, -0.2) is 35.7 Å². The summed E-state index contributed by atoms with van der Waals surface area (Å²) in [7, 11) is 0. The Labute approximate surface area is 131 Å². The van der Waals surface area contributed by atoms with Crippen LogP contribution in [0.25, 0.3) is 0 Å². The Kier molecular flexibility index (Phi) is 5.27. The fourth-order valence-corrected chi connectivity index (χ4v) is 3.43. The SMILES string of the molecule is CCC(NC1CCN(C(=O)OC(C)(C)C)C1)c1cccs1. The summed E-state index contributed by atoms with van der Waals surface area (Å²) >= 11 is 1.79. The number of carbonyl (C=O) groups is 1. The zero-order valence-corrected chi connectivity index (χ0v) is 14.2. The summed E-state index contributed by atoms with van der Waals surface area (Å²) in [5.74, 6) is 0. The average molecular weight is 310 g/mol. The second-order valence-electron chi connectivity index (χ2n) is 6.55. The van der Waals surface area contributed by atoms with Gasteiger partial charge in [0.05, 0.1) is 0 Å². The number of hydrogen-bond donors (Lipinski definition) is 1. The Hall–Kier alpha value is -1.07. The fraction of sp³-hybridized carbons (Fsp3) is 0.688. The van der Waals surface area contributed by atoms with Crippen LogP contribution >= 0.6 is 11.3 Å². The molecule has 1 amide bonds. The molecule has 2 rings (SSSR count). The van der Waals surface area contributed by atoms with Crippen molar-refractivity contribution in [3.05, 3.63) is 22.4 Å². The van der Waals surface area contributed by atoms with Gasteiger partial charge >= 0.3 is 6.09 Å². The van der Waals surface area contributed by atoms with E-state index in [-0.39, 0.29) is 6.09 Å². The minimum atomic E-state index is -0.425. The van der Waals surface area contributed by atoms with Crippen molar-refractivity contribution in [3.8, 4) is 0 Å². The second kappa shape index (κ2) is 6.79. The van der Waals surface area contributed by atoms with Crippen LogP contribution in [0, 0.1) is 0 Å². The number of thiophene rings is 1. The number of ether oxygens (including phenoxy) is 1. The number of nitrogens with zero attached hydrogens (tertiary/aromatic N) is 1. The molecule has 1 N–H and O–H groups in total. The Balaban J connectivity index is 1.86. The summed E-state index contributed by atoms with van der Waals surface area (Å²) in [6.45, 7) is 9.41. The van der Waals surface area contributed by atoms with E-state index in [0.29, 0.717) is 12.1 Å². The molecule has 2 heterocycles. The molecule has 21 heavy (non-hydrogen) atoms. The quantitative estimate of drug-likeness (QED) is 0.919. The number of rotatable bonds is 4. The normalized spacial score (nSPS) is 20.6. The smallest absolute Gasteiger partial charge is 0.410 e. The molecule has 0 spiro atoms. The molecule has 0 aliphatic carbocycles. The molecule has 4 nitrogen and oxygen atoms in total. The van der Waals surface area contributed by atoms with Gasteiger partial charge < -0.3 is 15.0 Å². The third-order valence-electron chi connectivity index (χ3n) is 3.57. The number of nitrogens with one attached hydrogen (secondary N) is 1. The summed E-state index contributed by atoms with van der Waals surface area (Å²) in [5, 5.41) is 5.79. The molecular formula is C16H26N2O2S. The number of likely N-dealkylation sites (tertiary alicyclic amines) is 1. The molecule has 118 valence electrons. The fourth-order valence-electron chi connectivity index (χ4n) is 2.56. The van der Waals surface area contributed by atoms with Crippen molar-refractivity contribution in [1.29, 1.82) is 0 Å². The highest BCUT2D eigenvalue weighted by Gasteiger charge is 2.30. The lowest BCUT2D eigenvalue weighted by atomic mass is 10.1. The van der Waals surface area contributed by atoms with Crippen molar-refractivity contribution >= 4 is 17.4 Å². The first-order chi connectivity index (χ1) is 9.89. The van der Waals surface area contributed by atoms with Gasteiger partial charge in [-0.05, 0) is 45.1 Å². The number of carbonyl (C=O) groups excluding carboxylic acids is 1. The van der Waals surface area contributed by atoms with E-state index in [9.17, 15) is 4.79 Å². The van der Waals surface area contributed by atoms with Crippen molar-refractivity contribution < 1.29 is 9.53 Å². The molecule has 2 atom stereocenters. The van der Waals surface area contributed by atoms with Crippen LogP contribution in [0.3, 0.4) is 0 Å². The number of amides is 1. The molecule has 2 unspecified atom stereocenters. The van der Waals surface area contributed by atoms with Crippen molar-refractivity contribution in [2.45, 2.75) is 58.2 Å². The van der Waals surface area contributed by atoms with E-state index in [0.717, 1.165) is 25.9 Å². The van der Waals surface area contributed by atoms with Gasteiger partial charge in [-0.25, -0.2) is 4.79 Å². The molecule has 1 aromatic rings. The van der Waals surface area contributed by atoms with Gasteiger partial charge in [0.1, 0.15) is 5.60 Å². The van der Waals surface area contributed by atoms with Gasteiger partial charge in [-0.15, -0.1) is 11.3 Å². The molecule has 1 aromatic heterocycles. The van der Waals surface area contributed by atoms with Gasteiger partial charge in [-0.1, -0.05) is 13.0 Å². The highest BCUT2D eigenvalue weighted by atomic mass is 32.1. The summed E-state index contributed by atoms with van der Waals surface area (Å²) < 4.78 is 5.43. The van der Waals surface area contributed by atoms with E-state index in [1.54, 1.807) is 11.3 Å². The second-order valence-corrected chi connectivity index (χ2v) is 7.53. The van der Waals surface area contributed by atoms with Crippen LogP contribution in [0.1, 0.15) is 51.5 Å². The molecule has 1 aliphatic heterocycles.